The first kappa shape index (κ1) is 14.5. The predicted octanol–water partition coefficient (Wildman–Crippen LogP) is 1.42. The highest BCUT2D eigenvalue weighted by Crippen LogP contribution is 2.25. The number of amides is 1. The average molecular weight is 243 g/mol. The summed E-state index contributed by atoms with van der Waals surface area (Å²) in [6.45, 7) is 4.44. The third-order valence-electron chi connectivity index (χ3n) is 3.66. The third-order valence-corrected chi connectivity index (χ3v) is 3.66. The molecular formula is C13H25NO3. The topological polar surface area (TPSA) is 49.8 Å². The van der Waals surface area contributed by atoms with E-state index in [1.54, 1.807) is 11.9 Å². The minimum Gasteiger partial charge on any atom is -0.396 e. The Kier molecular flexibility index (Phi) is 5.92. The van der Waals surface area contributed by atoms with Crippen molar-refractivity contribution < 1.29 is 14.6 Å². The fourth-order valence-electron chi connectivity index (χ4n) is 2.06. The number of aliphatic hydroxyl groups excluding tert-OH is 1. The first-order valence-corrected chi connectivity index (χ1v) is 6.52. The maximum Gasteiger partial charge on any atom is 0.248 e. The van der Waals surface area contributed by atoms with Crippen molar-refractivity contribution in [1.82, 2.24) is 4.90 Å². The van der Waals surface area contributed by atoms with Gasteiger partial charge in [-0.15, -0.1) is 0 Å². The van der Waals surface area contributed by atoms with Gasteiger partial charge in [-0.2, -0.15) is 0 Å². The number of carbonyl (C=O) groups is 1. The molecule has 0 aromatic rings. The van der Waals surface area contributed by atoms with E-state index in [1.807, 2.05) is 13.8 Å². The maximum absolute atomic E-state index is 11.7. The number of hydrogen-bond acceptors (Lipinski definition) is 3. The molecule has 0 aliphatic heterocycles. The van der Waals surface area contributed by atoms with Crippen LogP contribution in [0.5, 0.6) is 0 Å². The Morgan fingerprint density at radius 3 is 2.41 bits per heavy atom. The molecule has 1 aliphatic carbocycles. The van der Waals surface area contributed by atoms with Crippen molar-refractivity contribution in [3.63, 3.8) is 0 Å². The van der Waals surface area contributed by atoms with Crippen LogP contribution in [0.1, 0.15) is 39.5 Å². The summed E-state index contributed by atoms with van der Waals surface area (Å²) in [7, 11) is 1.80. The SMILES string of the molecule is CC(C)N(C)C(=O)COC1CCC(CO)CC1. The van der Waals surface area contributed by atoms with E-state index >= 15 is 0 Å². The van der Waals surface area contributed by atoms with Gasteiger partial charge in [-0.25, -0.2) is 0 Å². The molecule has 0 atom stereocenters. The monoisotopic (exact) mass is 243 g/mol. The van der Waals surface area contributed by atoms with Crippen molar-refractivity contribution in [2.24, 2.45) is 5.92 Å². The number of ether oxygens (including phenoxy) is 1. The van der Waals surface area contributed by atoms with Crippen molar-refractivity contribution >= 4 is 5.91 Å². The van der Waals surface area contributed by atoms with E-state index in [2.05, 4.69) is 0 Å². The number of nitrogens with zero attached hydrogens (tertiary/aromatic N) is 1. The standard InChI is InChI=1S/C13H25NO3/c1-10(2)14(3)13(16)9-17-12-6-4-11(8-15)5-7-12/h10-12,15H,4-9H2,1-3H3. The molecule has 0 aromatic heterocycles. The smallest absolute Gasteiger partial charge is 0.248 e. The summed E-state index contributed by atoms with van der Waals surface area (Å²) >= 11 is 0. The van der Waals surface area contributed by atoms with Crippen molar-refractivity contribution in [3.05, 3.63) is 0 Å². The molecule has 0 heterocycles. The minimum absolute atomic E-state index is 0.0456. The molecule has 0 radical (unpaired) electrons. The molecule has 0 bridgehead atoms. The Labute approximate surface area is 104 Å². The predicted molar refractivity (Wildman–Crippen MR) is 66.7 cm³/mol. The first-order valence-electron chi connectivity index (χ1n) is 6.52. The molecule has 1 N–H and O–H groups in total. The van der Waals surface area contributed by atoms with Gasteiger partial charge in [0, 0.05) is 19.7 Å². The third kappa shape index (κ3) is 4.64. The molecule has 0 spiro atoms. The molecule has 1 fully saturated rings. The van der Waals surface area contributed by atoms with Crippen LogP contribution >= 0.6 is 0 Å². The normalized spacial score (nSPS) is 25.0. The van der Waals surface area contributed by atoms with Gasteiger partial charge in [0.1, 0.15) is 6.61 Å². The quantitative estimate of drug-likeness (QED) is 0.794. The molecule has 1 rings (SSSR count). The summed E-state index contributed by atoms with van der Waals surface area (Å²) in [5, 5.41) is 9.03. The van der Waals surface area contributed by atoms with Gasteiger partial charge >= 0.3 is 0 Å². The summed E-state index contributed by atoms with van der Waals surface area (Å²) in [5.74, 6) is 0.480. The minimum atomic E-state index is 0.0456. The van der Waals surface area contributed by atoms with Crippen LogP contribution in [0.25, 0.3) is 0 Å². The lowest BCUT2D eigenvalue weighted by atomic mass is 9.88. The van der Waals surface area contributed by atoms with Crippen LogP contribution in [0, 0.1) is 5.92 Å². The van der Waals surface area contributed by atoms with Crippen LogP contribution in [-0.2, 0) is 9.53 Å². The van der Waals surface area contributed by atoms with E-state index in [4.69, 9.17) is 9.84 Å². The van der Waals surface area contributed by atoms with Gasteiger partial charge in [-0.05, 0) is 45.4 Å². The Bertz CT molecular complexity index is 235. The molecule has 1 amide bonds. The zero-order valence-electron chi connectivity index (χ0n) is 11.2. The van der Waals surface area contributed by atoms with Crippen molar-refractivity contribution in [1.29, 1.82) is 0 Å². The average Bonchev–Trinajstić information content (AvgIpc) is 2.35. The van der Waals surface area contributed by atoms with E-state index < -0.39 is 0 Å². The van der Waals surface area contributed by atoms with E-state index in [0.29, 0.717) is 5.92 Å². The van der Waals surface area contributed by atoms with Crippen LogP contribution in [0.2, 0.25) is 0 Å². The second kappa shape index (κ2) is 6.97. The summed E-state index contributed by atoms with van der Waals surface area (Å²) in [5.41, 5.74) is 0. The van der Waals surface area contributed by atoms with E-state index in [9.17, 15) is 4.79 Å². The van der Waals surface area contributed by atoms with Gasteiger partial charge in [0.2, 0.25) is 5.91 Å². The maximum atomic E-state index is 11.7. The Morgan fingerprint density at radius 2 is 1.94 bits per heavy atom. The summed E-state index contributed by atoms with van der Waals surface area (Å²) in [6, 6.07) is 0.219. The van der Waals surface area contributed by atoms with Gasteiger partial charge in [0.15, 0.2) is 0 Å². The second-order valence-corrected chi connectivity index (χ2v) is 5.23. The van der Waals surface area contributed by atoms with Gasteiger partial charge in [0.25, 0.3) is 0 Å². The van der Waals surface area contributed by atoms with Crippen LogP contribution in [0.3, 0.4) is 0 Å². The number of likely N-dealkylation sites (N-methyl/N-ethyl adjacent to an activating group) is 1. The summed E-state index contributed by atoms with van der Waals surface area (Å²) in [4.78, 5) is 13.4. The van der Waals surface area contributed by atoms with Gasteiger partial charge < -0.3 is 14.7 Å². The first-order chi connectivity index (χ1) is 8.04. The Morgan fingerprint density at radius 1 is 1.35 bits per heavy atom. The van der Waals surface area contributed by atoms with Crippen molar-refractivity contribution in [3.8, 4) is 0 Å². The van der Waals surface area contributed by atoms with E-state index in [0.717, 1.165) is 25.7 Å². The molecule has 100 valence electrons. The summed E-state index contributed by atoms with van der Waals surface area (Å²) in [6.07, 6.45) is 4.14. The van der Waals surface area contributed by atoms with Crippen molar-refractivity contribution in [2.75, 3.05) is 20.3 Å². The lowest BCUT2D eigenvalue weighted by Crippen LogP contribution is -2.37. The number of hydrogen-bond donors (Lipinski definition) is 1. The molecule has 0 unspecified atom stereocenters. The molecule has 1 aliphatic rings. The highest BCUT2D eigenvalue weighted by atomic mass is 16.5. The molecule has 0 aromatic carbocycles. The zero-order valence-corrected chi connectivity index (χ0v) is 11.2. The van der Waals surface area contributed by atoms with Crippen molar-refractivity contribution in [2.45, 2.75) is 51.7 Å². The van der Waals surface area contributed by atoms with Crippen LogP contribution in [0.15, 0.2) is 0 Å². The molecule has 1 saturated carbocycles. The summed E-state index contributed by atoms with van der Waals surface area (Å²) < 4.78 is 5.64. The highest BCUT2D eigenvalue weighted by molar-refractivity contribution is 5.77. The van der Waals surface area contributed by atoms with Gasteiger partial charge in [-0.1, -0.05) is 0 Å². The van der Waals surface area contributed by atoms with E-state index in [-0.39, 0.29) is 31.3 Å². The Balaban J connectivity index is 2.21. The Hall–Kier alpha value is -0.610. The van der Waals surface area contributed by atoms with Gasteiger partial charge in [-0.3, -0.25) is 4.79 Å². The fraction of sp³-hybridized carbons (Fsp3) is 0.923. The lowest BCUT2D eigenvalue weighted by molar-refractivity contribution is -0.139. The molecule has 4 heteroatoms. The highest BCUT2D eigenvalue weighted by Gasteiger charge is 2.22. The van der Waals surface area contributed by atoms with Crippen LogP contribution in [0.4, 0.5) is 0 Å². The molecule has 17 heavy (non-hydrogen) atoms. The molecule has 4 nitrogen and oxygen atoms in total. The van der Waals surface area contributed by atoms with E-state index in [1.165, 1.54) is 0 Å². The zero-order chi connectivity index (χ0) is 12.8. The van der Waals surface area contributed by atoms with Crippen LogP contribution in [-0.4, -0.2) is 48.3 Å². The number of rotatable bonds is 5. The number of carbonyl (C=O) groups excluding carboxylic acids is 1. The number of aliphatic hydroxyl groups is 1. The molecular weight excluding hydrogens is 218 g/mol. The molecule has 0 saturated heterocycles. The van der Waals surface area contributed by atoms with Gasteiger partial charge in [0.05, 0.1) is 6.10 Å². The second-order valence-electron chi connectivity index (χ2n) is 5.23. The van der Waals surface area contributed by atoms with Crippen LogP contribution < -0.4 is 0 Å². The lowest BCUT2D eigenvalue weighted by Gasteiger charge is -2.28. The fourth-order valence-corrected chi connectivity index (χ4v) is 2.06. The largest absolute Gasteiger partial charge is 0.396 e.